The third-order valence-electron chi connectivity index (χ3n) is 3.69. The summed E-state index contributed by atoms with van der Waals surface area (Å²) in [4.78, 5) is 26.0. The lowest BCUT2D eigenvalue weighted by Crippen LogP contribution is -2.52. The first-order chi connectivity index (χ1) is 9.99. The van der Waals surface area contributed by atoms with E-state index in [9.17, 15) is 35.9 Å². The van der Waals surface area contributed by atoms with Gasteiger partial charge in [-0.3, -0.25) is 9.59 Å². The van der Waals surface area contributed by atoms with E-state index in [1.54, 1.807) is 0 Å². The normalized spacial score (nSPS) is 18.5. The van der Waals surface area contributed by atoms with E-state index in [0.717, 1.165) is 6.07 Å². The van der Waals surface area contributed by atoms with Crippen molar-refractivity contribution < 1.29 is 31.1 Å². The number of hydrogen-bond donors (Lipinski definition) is 1. The molecule has 0 aliphatic carbocycles. The number of H-pyrrole nitrogens is 1. The van der Waals surface area contributed by atoms with Crippen molar-refractivity contribution in [3.8, 4) is 0 Å². The van der Waals surface area contributed by atoms with Gasteiger partial charge in [-0.05, 0) is 18.6 Å². The smallest absolute Gasteiger partial charge is 0.337 e. The fraction of sp³-hybridized carbons (Fsp3) is 0.500. The molecule has 22 heavy (non-hydrogen) atoms. The number of pyridine rings is 1. The van der Waals surface area contributed by atoms with Crippen LogP contribution < -0.4 is 5.56 Å². The minimum atomic E-state index is -5.54. The summed E-state index contributed by atoms with van der Waals surface area (Å²) in [7, 11) is 0. The molecule has 0 aromatic carbocycles. The Morgan fingerprint density at radius 3 is 2.23 bits per heavy atom. The van der Waals surface area contributed by atoms with Crippen LogP contribution in [-0.2, 0) is 0 Å². The van der Waals surface area contributed by atoms with Gasteiger partial charge in [-0.1, -0.05) is 0 Å². The fourth-order valence-corrected chi connectivity index (χ4v) is 2.37. The summed E-state index contributed by atoms with van der Waals surface area (Å²) in [5.74, 6) is -1.16. The van der Waals surface area contributed by atoms with Gasteiger partial charge in [-0.2, -0.15) is 26.3 Å². The Bertz CT molecular complexity index is 619. The summed E-state index contributed by atoms with van der Waals surface area (Å²) < 4.78 is 77.4. The molecule has 1 amide bonds. The van der Waals surface area contributed by atoms with Crippen LogP contribution in [0.1, 0.15) is 16.8 Å². The molecule has 122 valence electrons. The van der Waals surface area contributed by atoms with E-state index in [1.165, 1.54) is 12.3 Å². The fourth-order valence-electron chi connectivity index (χ4n) is 2.37. The largest absolute Gasteiger partial charge is 0.404 e. The molecule has 2 heterocycles. The molecule has 2 rings (SSSR count). The average Bonchev–Trinajstić information content (AvgIpc) is 2.84. The summed E-state index contributed by atoms with van der Waals surface area (Å²) in [6.07, 6.45) is -11.2. The molecule has 0 saturated carbocycles. The lowest BCUT2D eigenvalue weighted by atomic mass is 9.85. The lowest BCUT2D eigenvalue weighted by Gasteiger charge is -2.33. The zero-order valence-electron chi connectivity index (χ0n) is 10.9. The summed E-state index contributed by atoms with van der Waals surface area (Å²) in [6, 6.07) is 2.30. The summed E-state index contributed by atoms with van der Waals surface area (Å²) in [5, 5.41) is 0. The quantitative estimate of drug-likeness (QED) is 0.805. The number of carbonyl (C=O) groups is 1. The maximum absolute atomic E-state index is 12.9. The molecule has 1 N–H and O–H groups in total. The molecule has 0 unspecified atom stereocenters. The minimum absolute atomic E-state index is 0.408. The number of rotatable bonds is 1. The summed E-state index contributed by atoms with van der Waals surface area (Å²) in [5.41, 5.74) is -5.33. The second-order valence-electron chi connectivity index (χ2n) is 4.97. The van der Waals surface area contributed by atoms with E-state index < -0.39 is 54.3 Å². The monoisotopic (exact) mass is 328 g/mol. The second-order valence-corrected chi connectivity index (χ2v) is 4.97. The van der Waals surface area contributed by atoms with E-state index in [4.69, 9.17) is 0 Å². The van der Waals surface area contributed by atoms with Crippen molar-refractivity contribution in [2.75, 3.05) is 13.1 Å². The van der Waals surface area contributed by atoms with Crippen LogP contribution in [0.3, 0.4) is 0 Å². The van der Waals surface area contributed by atoms with Crippen molar-refractivity contribution in [3.63, 3.8) is 0 Å². The average molecular weight is 328 g/mol. The number of aromatic nitrogens is 1. The van der Waals surface area contributed by atoms with Crippen molar-refractivity contribution in [2.45, 2.75) is 18.8 Å². The third-order valence-corrected chi connectivity index (χ3v) is 3.69. The number of alkyl halides is 6. The van der Waals surface area contributed by atoms with Gasteiger partial charge in [0.05, 0.1) is 0 Å². The molecule has 4 nitrogen and oxygen atoms in total. The summed E-state index contributed by atoms with van der Waals surface area (Å²) in [6.45, 7) is -2.28. The SMILES string of the molecule is O=C(c1ccc[nH]c1=O)N1CCC(C(F)(F)F)(C(F)(F)F)C1. The first-order valence-corrected chi connectivity index (χ1v) is 6.10. The van der Waals surface area contributed by atoms with Crippen LogP contribution in [0.25, 0.3) is 0 Å². The molecule has 1 aromatic heterocycles. The molecule has 10 heteroatoms. The molecule has 0 bridgehead atoms. The van der Waals surface area contributed by atoms with E-state index in [1.807, 2.05) is 0 Å². The Morgan fingerprint density at radius 2 is 1.77 bits per heavy atom. The summed E-state index contributed by atoms with van der Waals surface area (Å²) >= 11 is 0. The van der Waals surface area contributed by atoms with E-state index in [0.29, 0.717) is 4.90 Å². The van der Waals surface area contributed by atoms with Gasteiger partial charge in [0.15, 0.2) is 5.41 Å². The van der Waals surface area contributed by atoms with Gasteiger partial charge in [0, 0.05) is 19.3 Å². The molecular weight excluding hydrogens is 318 g/mol. The van der Waals surface area contributed by atoms with Crippen LogP contribution in [0, 0.1) is 5.41 Å². The highest BCUT2D eigenvalue weighted by atomic mass is 19.4. The molecule has 1 fully saturated rings. The lowest BCUT2D eigenvalue weighted by molar-refractivity contribution is -0.334. The Morgan fingerprint density at radius 1 is 1.18 bits per heavy atom. The predicted molar refractivity (Wildman–Crippen MR) is 62.1 cm³/mol. The van der Waals surface area contributed by atoms with Crippen LogP contribution in [0.2, 0.25) is 0 Å². The zero-order chi connectivity index (χ0) is 16.8. The van der Waals surface area contributed by atoms with Crippen molar-refractivity contribution >= 4 is 5.91 Å². The highest BCUT2D eigenvalue weighted by Gasteiger charge is 2.72. The van der Waals surface area contributed by atoms with Crippen molar-refractivity contribution in [2.24, 2.45) is 5.41 Å². The number of likely N-dealkylation sites (tertiary alicyclic amines) is 1. The van der Waals surface area contributed by atoms with Gasteiger partial charge in [0.25, 0.3) is 11.5 Å². The van der Waals surface area contributed by atoms with Crippen molar-refractivity contribution in [1.82, 2.24) is 9.88 Å². The first-order valence-electron chi connectivity index (χ1n) is 6.10. The Balaban J connectivity index is 2.34. The van der Waals surface area contributed by atoms with Gasteiger partial charge in [0.1, 0.15) is 5.56 Å². The number of nitrogens with zero attached hydrogens (tertiary/aromatic N) is 1. The third kappa shape index (κ3) is 2.46. The van der Waals surface area contributed by atoms with Crippen molar-refractivity contribution in [3.05, 3.63) is 34.2 Å². The van der Waals surface area contributed by atoms with E-state index in [2.05, 4.69) is 4.98 Å². The molecule has 0 atom stereocenters. The zero-order valence-corrected chi connectivity index (χ0v) is 10.9. The standard InChI is InChI=1S/C12H10F6N2O2/c13-11(14,15)10(12(16,17)18)3-5-20(6-10)9(22)7-2-1-4-19-8(7)21/h1-2,4H,3,5-6H2,(H,19,21). The highest BCUT2D eigenvalue weighted by Crippen LogP contribution is 2.55. The molecular formula is C12H10F6N2O2. The van der Waals surface area contributed by atoms with Gasteiger partial charge >= 0.3 is 12.4 Å². The Labute approximate surface area is 119 Å². The molecule has 1 aliphatic rings. The topological polar surface area (TPSA) is 53.2 Å². The number of hydrogen-bond acceptors (Lipinski definition) is 2. The molecule has 1 saturated heterocycles. The van der Waals surface area contributed by atoms with Crippen molar-refractivity contribution in [1.29, 1.82) is 0 Å². The van der Waals surface area contributed by atoms with Gasteiger partial charge in [0.2, 0.25) is 0 Å². The minimum Gasteiger partial charge on any atom is -0.337 e. The van der Waals surface area contributed by atoms with Crippen LogP contribution >= 0.6 is 0 Å². The molecule has 1 aliphatic heterocycles. The van der Waals surface area contributed by atoms with Crippen LogP contribution in [0.15, 0.2) is 23.1 Å². The van der Waals surface area contributed by atoms with Gasteiger partial charge in [-0.25, -0.2) is 0 Å². The molecule has 0 spiro atoms. The Hall–Kier alpha value is -2.00. The van der Waals surface area contributed by atoms with Crippen LogP contribution in [0.4, 0.5) is 26.3 Å². The molecule has 0 radical (unpaired) electrons. The first kappa shape index (κ1) is 16.4. The van der Waals surface area contributed by atoms with Gasteiger partial charge < -0.3 is 9.88 Å². The van der Waals surface area contributed by atoms with E-state index in [-0.39, 0.29) is 0 Å². The van der Waals surface area contributed by atoms with Gasteiger partial charge in [-0.15, -0.1) is 0 Å². The highest BCUT2D eigenvalue weighted by molar-refractivity contribution is 5.94. The number of amides is 1. The maximum Gasteiger partial charge on any atom is 0.404 e. The number of nitrogens with one attached hydrogen (secondary N) is 1. The van der Waals surface area contributed by atoms with Crippen LogP contribution in [0.5, 0.6) is 0 Å². The Kier molecular flexibility index (Phi) is 3.74. The number of aromatic amines is 1. The maximum atomic E-state index is 12.9. The second kappa shape index (κ2) is 5.03. The molecule has 1 aromatic rings. The number of halogens is 6. The van der Waals surface area contributed by atoms with Crippen LogP contribution in [-0.4, -0.2) is 41.2 Å². The number of carbonyl (C=O) groups excluding carboxylic acids is 1. The van der Waals surface area contributed by atoms with E-state index >= 15 is 0 Å². The predicted octanol–water partition coefficient (Wildman–Crippen LogP) is 2.33.